The molecule has 1 aliphatic rings. The molecule has 0 fully saturated rings. The first-order valence-electron chi connectivity index (χ1n) is 12.9. The summed E-state index contributed by atoms with van der Waals surface area (Å²) < 4.78 is 73.6. The number of pyridine rings is 1. The Balaban J connectivity index is 1.74. The number of rotatable bonds is 10. The number of nitrogens with zero attached hydrogens (tertiary/aromatic N) is 1. The average Bonchev–Trinajstić information content (AvgIpc) is 3.31. The fraction of sp³-hybridized carbons (Fsp3) is 0.345. The predicted octanol–water partition coefficient (Wildman–Crippen LogP) is 2.97. The number of halogens is 4. The molecule has 14 heteroatoms. The van der Waals surface area contributed by atoms with Gasteiger partial charge < -0.3 is 35.5 Å². The van der Waals surface area contributed by atoms with Gasteiger partial charge in [0, 0.05) is 16.7 Å². The van der Waals surface area contributed by atoms with Crippen molar-refractivity contribution in [3.63, 3.8) is 0 Å². The molecular weight excluding hydrogens is 578 g/mol. The SMILES string of the molecule is COc1cc(C(=O)NCC(O)(c2cc3c(c(-c4ccc(F)cc4)n2)OC[C@]3(C)C(N)=O)C(F)(F)F)ccc1OC[C@H](C)O. The fourth-order valence-corrected chi connectivity index (χ4v) is 4.39. The van der Waals surface area contributed by atoms with Gasteiger partial charge in [0.15, 0.2) is 11.5 Å². The third kappa shape index (κ3) is 6.06. The fourth-order valence-electron chi connectivity index (χ4n) is 4.39. The van der Waals surface area contributed by atoms with Gasteiger partial charge in [-0.2, -0.15) is 13.2 Å². The van der Waals surface area contributed by atoms with Gasteiger partial charge >= 0.3 is 6.18 Å². The number of primary amides is 1. The number of alkyl halides is 3. The second kappa shape index (κ2) is 11.7. The summed E-state index contributed by atoms with van der Waals surface area (Å²) in [6.07, 6.45) is -6.17. The number of aliphatic hydroxyl groups is 2. The molecule has 1 aromatic heterocycles. The maximum absolute atomic E-state index is 14.6. The lowest BCUT2D eigenvalue weighted by atomic mass is 9.81. The maximum atomic E-state index is 14.6. The van der Waals surface area contributed by atoms with Gasteiger partial charge in [0.25, 0.3) is 5.91 Å². The summed E-state index contributed by atoms with van der Waals surface area (Å²) in [4.78, 5) is 29.3. The molecule has 0 saturated heterocycles. The Kier molecular flexibility index (Phi) is 8.56. The molecule has 0 spiro atoms. The molecule has 2 heterocycles. The van der Waals surface area contributed by atoms with Crippen molar-refractivity contribution in [3.8, 4) is 28.5 Å². The van der Waals surface area contributed by atoms with Crippen molar-refractivity contribution in [3.05, 3.63) is 71.2 Å². The van der Waals surface area contributed by atoms with Crippen molar-refractivity contribution in [2.24, 2.45) is 5.73 Å². The van der Waals surface area contributed by atoms with Crippen LogP contribution in [-0.4, -0.2) is 66.2 Å². The first-order valence-corrected chi connectivity index (χ1v) is 12.9. The van der Waals surface area contributed by atoms with Crippen LogP contribution >= 0.6 is 0 Å². The molecule has 43 heavy (non-hydrogen) atoms. The second-order valence-electron chi connectivity index (χ2n) is 10.3. The Hall–Kier alpha value is -4.43. The highest BCUT2D eigenvalue weighted by molar-refractivity contribution is 5.95. The van der Waals surface area contributed by atoms with Crippen molar-refractivity contribution < 1.29 is 51.6 Å². The van der Waals surface area contributed by atoms with Crippen LogP contribution in [-0.2, 0) is 15.8 Å². The molecule has 10 nitrogen and oxygen atoms in total. The zero-order chi connectivity index (χ0) is 31.7. The highest BCUT2D eigenvalue weighted by atomic mass is 19.4. The maximum Gasteiger partial charge on any atom is 0.424 e. The predicted molar refractivity (Wildman–Crippen MR) is 144 cm³/mol. The van der Waals surface area contributed by atoms with E-state index in [9.17, 15) is 37.4 Å². The van der Waals surface area contributed by atoms with Gasteiger partial charge in [-0.15, -0.1) is 0 Å². The lowest BCUT2D eigenvalue weighted by Crippen LogP contribution is -2.51. The molecule has 0 aliphatic carbocycles. The van der Waals surface area contributed by atoms with E-state index < -0.39 is 53.2 Å². The molecule has 2 aromatic carbocycles. The van der Waals surface area contributed by atoms with Gasteiger partial charge in [-0.25, -0.2) is 9.37 Å². The number of fused-ring (bicyclic) bond motifs is 1. The van der Waals surface area contributed by atoms with E-state index in [1.54, 1.807) is 0 Å². The minimum Gasteiger partial charge on any atom is -0.493 e. The lowest BCUT2D eigenvalue weighted by molar-refractivity contribution is -0.265. The number of carbonyl (C=O) groups excluding carboxylic acids is 2. The highest BCUT2D eigenvalue weighted by Gasteiger charge is 2.57. The zero-order valence-corrected chi connectivity index (χ0v) is 23.3. The summed E-state index contributed by atoms with van der Waals surface area (Å²) in [5.74, 6) is -2.29. The first kappa shape index (κ1) is 31.5. The second-order valence-corrected chi connectivity index (χ2v) is 10.3. The average molecular weight is 608 g/mol. The molecule has 0 bridgehead atoms. The standard InChI is InChI=1S/C29H29F4N3O7/c1-15(37)12-42-20-9-6-17(10-21(20)41-3)25(38)35-13-28(40,29(31,32)33)22-11-19-24(43-14-27(19,2)26(34)39)23(36-22)16-4-7-18(30)8-5-16/h4-11,15,37,40H,12-14H2,1-3H3,(H2,34,39)(H,35,38)/t15-,27-,28?/m0/s1. The molecule has 1 unspecified atom stereocenters. The summed E-state index contributed by atoms with van der Waals surface area (Å²) in [6.45, 7) is 1.11. The van der Waals surface area contributed by atoms with Crippen LogP contribution in [0.25, 0.3) is 11.3 Å². The van der Waals surface area contributed by atoms with Crippen LogP contribution in [0.4, 0.5) is 17.6 Å². The van der Waals surface area contributed by atoms with E-state index in [1.807, 2.05) is 0 Å². The topological polar surface area (TPSA) is 153 Å². The summed E-state index contributed by atoms with van der Waals surface area (Å²) in [6, 6.07) is 9.31. The molecule has 5 N–H and O–H groups in total. The molecule has 1 aliphatic heterocycles. The molecular formula is C29H29F4N3O7. The van der Waals surface area contributed by atoms with E-state index in [4.69, 9.17) is 19.9 Å². The Morgan fingerprint density at radius 2 is 1.84 bits per heavy atom. The van der Waals surface area contributed by atoms with Gasteiger partial charge in [-0.3, -0.25) is 9.59 Å². The van der Waals surface area contributed by atoms with Crippen LogP contribution in [0.2, 0.25) is 0 Å². The van der Waals surface area contributed by atoms with Crippen LogP contribution in [0.3, 0.4) is 0 Å². The van der Waals surface area contributed by atoms with Crippen LogP contribution in [0.15, 0.2) is 48.5 Å². The lowest BCUT2D eigenvalue weighted by Gasteiger charge is -2.31. The molecule has 3 aromatic rings. The minimum atomic E-state index is -5.37. The molecule has 4 rings (SSSR count). The number of nitrogens with two attached hydrogens (primary N) is 1. The van der Waals surface area contributed by atoms with Crippen molar-refractivity contribution in [1.82, 2.24) is 10.3 Å². The largest absolute Gasteiger partial charge is 0.493 e. The smallest absolute Gasteiger partial charge is 0.424 e. The molecule has 2 amide bonds. The quantitative estimate of drug-likeness (QED) is 0.257. The molecule has 0 saturated carbocycles. The van der Waals surface area contributed by atoms with Crippen LogP contribution in [0, 0.1) is 5.82 Å². The number of benzene rings is 2. The summed E-state index contributed by atoms with van der Waals surface area (Å²) in [5.41, 5.74) is -0.930. The zero-order valence-electron chi connectivity index (χ0n) is 23.3. The number of aliphatic hydroxyl groups excluding tert-OH is 1. The third-order valence-corrected chi connectivity index (χ3v) is 7.04. The van der Waals surface area contributed by atoms with E-state index in [0.29, 0.717) is 0 Å². The van der Waals surface area contributed by atoms with Gasteiger partial charge in [0.2, 0.25) is 11.5 Å². The molecule has 0 radical (unpaired) electrons. The van der Waals surface area contributed by atoms with E-state index in [-0.39, 0.29) is 52.8 Å². The summed E-state index contributed by atoms with van der Waals surface area (Å²) in [7, 11) is 1.29. The van der Waals surface area contributed by atoms with E-state index in [1.165, 1.54) is 51.3 Å². The summed E-state index contributed by atoms with van der Waals surface area (Å²) in [5, 5.41) is 22.7. The first-order chi connectivity index (χ1) is 20.1. The van der Waals surface area contributed by atoms with Crippen molar-refractivity contribution in [2.45, 2.75) is 37.1 Å². The van der Waals surface area contributed by atoms with Crippen LogP contribution in [0.1, 0.15) is 35.5 Å². The third-order valence-electron chi connectivity index (χ3n) is 7.04. The van der Waals surface area contributed by atoms with Crippen molar-refractivity contribution >= 4 is 11.8 Å². The van der Waals surface area contributed by atoms with Gasteiger partial charge in [-0.05, 0) is 62.4 Å². The van der Waals surface area contributed by atoms with Crippen molar-refractivity contribution in [1.29, 1.82) is 0 Å². The van der Waals surface area contributed by atoms with E-state index >= 15 is 0 Å². The number of methoxy groups -OCH3 is 1. The number of nitrogens with one attached hydrogen (secondary N) is 1. The summed E-state index contributed by atoms with van der Waals surface area (Å²) >= 11 is 0. The molecule has 230 valence electrons. The number of amides is 2. The highest BCUT2D eigenvalue weighted by Crippen LogP contribution is 2.47. The number of hydrogen-bond donors (Lipinski definition) is 4. The number of hydrogen-bond acceptors (Lipinski definition) is 8. The van der Waals surface area contributed by atoms with Gasteiger partial charge in [0.1, 0.15) is 35.9 Å². The van der Waals surface area contributed by atoms with E-state index in [0.717, 1.165) is 18.2 Å². The Bertz CT molecular complexity index is 1530. The Labute approximate surface area is 243 Å². The Morgan fingerprint density at radius 3 is 2.42 bits per heavy atom. The normalized spacial score (nSPS) is 18.2. The monoisotopic (exact) mass is 607 g/mol. The van der Waals surface area contributed by atoms with E-state index in [2.05, 4.69) is 10.3 Å². The van der Waals surface area contributed by atoms with Gasteiger partial charge in [0.05, 0.1) is 25.5 Å². The number of ether oxygens (including phenoxy) is 3. The number of aromatic nitrogens is 1. The van der Waals surface area contributed by atoms with Gasteiger partial charge in [-0.1, -0.05) is 0 Å². The molecule has 3 atom stereocenters. The van der Waals surface area contributed by atoms with Crippen molar-refractivity contribution in [2.75, 3.05) is 26.9 Å². The minimum absolute atomic E-state index is 0.0461. The Morgan fingerprint density at radius 1 is 1.16 bits per heavy atom. The number of carbonyl (C=O) groups is 2. The van der Waals surface area contributed by atoms with Crippen LogP contribution in [0.5, 0.6) is 17.2 Å². The van der Waals surface area contributed by atoms with Crippen LogP contribution < -0.4 is 25.3 Å².